The highest BCUT2D eigenvalue weighted by Crippen LogP contribution is 2.50. The Labute approximate surface area is 108 Å². The van der Waals surface area contributed by atoms with Gasteiger partial charge in [0.15, 0.2) is 0 Å². The van der Waals surface area contributed by atoms with Gasteiger partial charge in [-0.05, 0) is 62.1 Å². The van der Waals surface area contributed by atoms with Crippen LogP contribution in [0.15, 0.2) is 18.5 Å². The van der Waals surface area contributed by atoms with E-state index in [9.17, 15) is 4.39 Å². The van der Waals surface area contributed by atoms with E-state index in [1.807, 2.05) is 7.05 Å². The molecular formula is C15H21FN2. The summed E-state index contributed by atoms with van der Waals surface area (Å²) in [4.78, 5) is 3.96. The summed E-state index contributed by atoms with van der Waals surface area (Å²) in [6, 6.07) is 1.86. The number of nitrogens with one attached hydrogen (secondary N) is 1. The molecule has 2 aliphatic rings. The van der Waals surface area contributed by atoms with Crippen LogP contribution >= 0.6 is 0 Å². The van der Waals surface area contributed by atoms with Crippen LogP contribution in [0.1, 0.15) is 43.7 Å². The van der Waals surface area contributed by atoms with Gasteiger partial charge < -0.3 is 5.32 Å². The lowest BCUT2D eigenvalue weighted by molar-refractivity contribution is 0.284. The van der Waals surface area contributed by atoms with E-state index in [0.29, 0.717) is 0 Å². The van der Waals surface area contributed by atoms with Crippen molar-refractivity contribution in [1.29, 1.82) is 0 Å². The molecule has 2 saturated carbocycles. The first-order chi connectivity index (χ1) is 8.76. The minimum atomic E-state index is -0.235. The molecule has 18 heavy (non-hydrogen) atoms. The number of halogens is 1. The number of hydrogen-bond acceptors (Lipinski definition) is 2. The summed E-state index contributed by atoms with van der Waals surface area (Å²) in [5.74, 6) is 2.49. The van der Waals surface area contributed by atoms with Gasteiger partial charge in [0.25, 0.3) is 0 Å². The van der Waals surface area contributed by atoms with Gasteiger partial charge >= 0.3 is 0 Å². The summed E-state index contributed by atoms with van der Waals surface area (Å²) < 4.78 is 13.2. The van der Waals surface area contributed by atoms with Crippen molar-refractivity contribution in [2.75, 3.05) is 7.05 Å². The molecule has 0 spiro atoms. The van der Waals surface area contributed by atoms with E-state index in [4.69, 9.17) is 0 Å². The fourth-order valence-corrected chi connectivity index (χ4v) is 4.01. The normalized spacial score (nSPS) is 31.8. The molecular weight excluding hydrogens is 227 g/mol. The number of pyridine rings is 1. The third-order valence-electron chi connectivity index (χ3n) is 4.90. The SMILES string of the molecule is CNC(CC1CC2CCC1C2)c1cncc(F)c1. The third-order valence-corrected chi connectivity index (χ3v) is 4.90. The molecule has 3 rings (SSSR count). The summed E-state index contributed by atoms with van der Waals surface area (Å²) in [6.07, 6.45) is 9.85. The molecule has 2 aliphatic carbocycles. The van der Waals surface area contributed by atoms with Crippen LogP contribution in [0.4, 0.5) is 4.39 Å². The van der Waals surface area contributed by atoms with Crippen LogP contribution in [-0.2, 0) is 0 Å². The summed E-state index contributed by atoms with van der Waals surface area (Å²) in [7, 11) is 1.96. The van der Waals surface area contributed by atoms with E-state index >= 15 is 0 Å². The number of aromatic nitrogens is 1. The second-order valence-corrected chi connectivity index (χ2v) is 5.95. The number of rotatable bonds is 4. The lowest BCUT2D eigenvalue weighted by Gasteiger charge is -2.26. The summed E-state index contributed by atoms with van der Waals surface area (Å²) in [5, 5.41) is 3.33. The average molecular weight is 248 g/mol. The standard InChI is InChI=1S/C15H21FN2/c1-17-15(13-6-14(16)9-18-8-13)7-12-5-10-2-3-11(12)4-10/h6,8-12,15,17H,2-5,7H2,1H3. The van der Waals surface area contributed by atoms with E-state index < -0.39 is 0 Å². The Morgan fingerprint density at radius 2 is 2.28 bits per heavy atom. The summed E-state index contributed by atoms with van der Waals surface area (Å²) in [6.45, 7) is 0. The molecule has 0 aliphatic heterocycles. The second kappa shape index (κ2) is 4.96. The zero-order valence-electron chi connectivity index (χ0n) is 10.9. The van der Waals surface area contributed by atoms with Crippen LogP contribution in [0.5, 0.6) is 0 Å². The topological polar surface area (TPSA) is 24.9 Å². The van der Waals surface area contributed by atoms with Gasteiger partial charge in [-0.15, -0.1) is 0 Å². The predicted octanol–water partition coefficient (Wildman–Crippen LogP) is 3.31. The quantitative estimate of drug-likeness (QED) is 0.884. The van der Waals surface area contributed by atoms with Gasteiger partial charge in [-0.1, -0.05) is 6.42 Å². The first kappa shape index (κ1) is 12.1. The number of fused-ring (bicyclic) bond motifs is 2. The molecule has 1 aromatic heterocycles. The Bertz CT molecular complexity index is 421. The fourth-order valence-electron chi connectivity index (χ4n) is 4.01. The number of nitrogens with zero attached hydrogens (tertiary/aromatic N) is 1. The van der Waals surface area contributed by atoms with E-state index in [0.717, 1.165) is 29.7 Å². The Balaban J connectivity index is 1.69. The highest BCUT2D eigenvalue weighted by Gasteiger charge is 2.40. The van der Waals surface area contributed by atoms with Crippen molar-refractivity contribution in [1.82, 2.24) is 10.3 Å². The van der Waals surface area contributed by atoms with Gasteiger partial charge in [-0.25, -0.2) is 4.39 Å². The van der Waals surface area contributed by atoms with Gasteiger partial charge in [-0.3, -0.25) is 4.98 Å². The van der Waals surface area contributed by atoms with Crippen LogP contribution in [0.2, 0.25) is 0 Å². The Morgan fingerprint density at radius 3 is 2.89 bits per heavy atom. The largest absolute Gasteiger partial charge is 0.313 e. The van der Waals surface area contributed by atoms with Crippen LogP contribution in [0.3, 0.4) is 0 Å². The smallest absolute Gasteiger partial charge is 0.141 e. The zero-order chi connectivity index (χ0) is 12.5. The Kier molecular flexibility index (Phi) is 3.33. The first-order valence-corrected chi connectivity index (χ1v) is 7.04. The molecule has 0 aromatic carbocycles. The average Bonchev–Trinajstić information content (AvgIpc) is 2.98. The van der Waals surface area contributed by atoms with Crippen LogP contribution < -0.4 is 5.32 Å². The molecule has 1 heterocycles. The highest BCUT2D eigenvalue weighted by molar-refractivity contribution is 5.15. The molecule has 4 atom stereocenters. The molecule has 4 unspecified atom stereocenters. The lowest BCUT2D eigenvalue weighted by Crippen LogP contribution is -2.22. The van der Waals surface area contributed by atoms with Crippen LogP contribution in [0.25, 0.3) is 0 Å². The van der Waals surface area contributed by atoms with Crippen molar-refractivity contribution in [3.05, 3.63) is 29.8 Å². The van der Waals surface area contributed by atoms with Crippen molar-refractivity contribution >= 4 is 0 Å². The van der Waals surface area contributed by atoms with Crippen molar-refractivity contribution in [3.63, 3.8) is 0 Å². The van der Waals surface area contributed by atoms with E-state index in [1.54, 1.807) is 12.3 Å². The molecule has 1 aromatic rings. The van der Waals surface area contributed by atoms with Crippen molar-refractivity contribution in [2.24, 2.45) is 17.8 Å². The molecule has 2 bridgehead atoms. The molecule has 0 amide bonds. The second-order valence-electron chi connectivity index (χ2n) is 5.95. The first-order valence-electron chi connectivity index (χ1n) is 7.04. The van der Waals surface area contributed by atoms with Gasteiger partial charge in [0.1, 0.15) is 5.82 Å². The molecule has 1 N–H and O–H groups in total. The van der Waals surface area contributed by atoms with Crippen molar-refractivity contribution < 1.29 is 4.39 Å². The Morgan fingerprint density at radius 1 is 1.39 bits per heavy atom. The summed E-state index contributed by atoms with van der Waals surface area (Å²) in [5.41, 5.74) is 0.986. The molecule has 2 nitrogen and oxygen atoms in total. The zero-order valence-corrected chi connectivity index (χ0v) is 10.9. The maximum Gasteiger partial charge on any atom is 0.141 e. The van der Waals surface area contributed by atoms with Crippen LogP contribution in [0, 0.1) is 23.6 Å². The molecule has 3 heteroatoms. The van der Waals surface area contributed by atoms with E-state index in [1.165, 1.54) is 31.9 Å². The predicted molar refractivity (Wildman–Crippen MR) is 69.6 cm³/mol. The van der Waals surface area contributed by atoms with Gasteiger partial charge in [0, 0.05) is 12.2 Å². The van der Waals surface area contributed by atoms with E-state index in [-0.39, 0.29) is 11.9 Å². The van der Waals surface area contributed by atoms with Crippen LogP contribution in [-0.4, -0.2) is 12.0 Å². The molecule has 0 radical (unpaired) electrons. The molecule has 0 saturated heterocycles. The summed E-state index contributed by atoms with van der Waals surface area (Å²) >= 11 is 0. The minimum absolute atomic E-state index is 0.235. The highest BCUT2D eigenvalue weighted by atomic mass is 19.1. The molecule has 2 fully saturated rings. The van der Waals surface area contributed by atoms with Gasteiger partial charge in [0.05, 0.1) is 6.20 Å². The Hall–Kier alpha value is -0.960. The van der Waals surface area contributed by atoms with Crippen molar-refractivity contribution in [3.8, 4) is 0 Å². The van der Waals surface area contributed by atoms with Gasteiger partial charge in [0.2, 0.25) is 0 Å². The monoisotopic (exact) mass is 248 g/mol. The molecule has 98 valence electrons. The maximum atomic E-state index is 13.2. The maximum absolute atomic E-state index is 13.2. The lowest BCUT2D eigenvalue weighted by atomic mass is 9.83. The minimum Gasteiger partial charge on any atom is -0.313 e. The third kappa shape index (κ3) is 2.28. The fraction of sp³-hybridized carbons (Fsp3) is 0.667. The van der Waals surface area contributed by atoms with Gasteiger partial charge in [-0.2, -0.15) is 0 Å². The van der Waals surface area contributed by atoms with E-state index in [2.05, 4.69) is 10.3 Å². The number of hydrogen-bond donors (Lipinski definition) is 1. The van der Waals surface area contributed by atoms with Crippen molar-refractivity contribution in [2.45, 2.75) is 38.1 Å².